The summed E-state index contributed by atoms with van der Waals surface area (Å²) in [5.41, 5.74) is 0. The molecule has 0 aliphatic carbocycles. The van der Waals surface area contributed by atoms with Crippen LogP contribution in [0.1, 0.15) is 162 Å². The number of esters is 3. The summed E-state index contributed by atoms with van der Waals surface area (Å²) >= 11 is 0. The molecule has 0 saturated carbocycles. The van der Waals surface area contributed by atoms with Gasteiger partial charge in [0, 0.05) is 19.3 Å². The molecule has 270 valence electrons. The average molecular weight is 655 g/mol. The number of likely N-dealkylation sites (N-methyl/N-ethyl adjacent to an activating group) is 1. The topological polar surface area (TPSA) is 99.1 Å². The SMILES string of the molecule is CCCCCCCCCCOC(=O)CCCCCCC/C=C\CC(O)C(CCCCC)OC(=O)CCCC(=O)OCC[N+](C)(C)C. The third-order valence-electron chi connectivity index (χ3n) is 8.15. The van der Waals surface area contributed by atoms with Crippen LogP contribution in [0, 0.1) is 0 Å². The monoisotopic (exact) mass is 655 g/mol. The number of carbonyl (C=O) groups excluding carboxylic acids is 3. The maximum Gasteiger partial charge on any atom is 0.306 e. The fourth-order valence-corrected chi connectivity index (χ4v) is 5.10. The second kappa shape index (κ2) is 30.4. The van der Waals surface area contributed by atoms with Gasteiger partial charge in [-0.2, -0.15) is 0 Å². The number of hydrogen-bond donors (Lipinski definition) is 1. The summed E-state index contributed by atoms with van der Waals surface area (Å²) in [4.78, 5) is 36.3. The number of allylic oxidation sites excluding steroid dienone is 1. The third-order valence-corrected chi connectivity index (χ3v) is 8.15. The van der Waals surface area contributed by atoms with E-state index in [0.29, 0.717) is 38.9 Å². The van der Waals surface area contributed by atoms with Gasteiger partial charge in [-0.25, -0.2) is 0 Å². The van der Waals surface area contributed by atoms with Crippen LogP contribution in [-0.2, 0) is 28.6 Å². The van der Waals surface area contributed by atoms with Gasteiger partial charge in [0.1, 0.15) is 19.3 Å². The Labute approximate surface area is 282 Å². The number of rotatable bonds is 32. The number of nitrogens with zero attached hydrogens (tertiary/aromatic N) is 1. The molecule has 2 atom stereocenters. The van der Waals surface area contributed by atoms with Gasteiger partial charge < -0.3 is 23.8 Å². The lowest BCUT2D eigenvalue weighted by atomic mass is 10.0. The molecule has 46 heavy (non-hydrogen) atoms. The van der Waals surface area contributed by atoms with Crippen LogP contribution in [0.25, 0.3) is 0 Å². The first-order valence-corrected chi connectivity index (χ1v) is 18.7. The summed E-state index contributed by atoms with van der Waals surface area (Å²) in [5.74, 6) is -0.731. The molecular weight excluding hydrogens is 582 g/mol. The molecule has 0 amide bonds. The maximum absolute atomic E-state index is 12.5. The van der Waals surface area contributed by atoms with E-state index in [9.17, 15) is 19.5 Å². The summed E-state index contributed by atoms with van der Waals surface area (Å²) in [6.07, 6.45) is 24.2. The highest BCUT2D eigenvalue weighted by molar-refractivity contribution is 5.72. The molecule has 0 aromatic heterocycles. The summed E-state index contributed by atoms with van der Waals surface area (Å²) in [6.45, 7) is 6.02. The van der Waals surface area contributed by atoms with Gasteiger partial charge in [0.25, 0.3) is 0 Å². The van der Waals surface area contributed by atoms with Crippen molar-refractivity contribution in [2.75, 3.05) is 40.9 Å². The van der Waals surface area contributed by atoms with Crippen LogP contribution in [0.4, 0.5) is 0 Å². The molecule has 0 spiro atoms. The molecule has 2 unspecified atom stereocenters. The van der Waals surface area contributed by atoms with Gasteiger partial charge in [-0.3, -0.25) is 14.4 Å². The predicted molar refractivity (Wildman–Crippen MR) is 187 cm³/mol. The Balaban J connectivity index is 4.02. The van der Waals surface area contributed by atoms with Gasteiger partial charge in [0.05, 0.1) is 33.9 Å². The molecule has 8 nitrogen and oxygen atoms in total. The fraction of sp³-hybridized carbons (Fsp3) is 0.868. The zero-order valence-corrected chi connectivity index (χ0v) is 30.5. The van der Waals surface area contributed by atoms with Crippen molar-refractivity contribution in [3.63, 3.8) is 0 Å². The Morgan fingerprint density at radius 3 is 1.78 bits per heavy atom. The van der Waals surface area contributed by atoms with Crippen LogP contribution in [0.5, 0.6) is 0 Å². The van der Waals surface area contributed by atoms with Crippen molar-refractivity contribution in [1.82, 2.24) is 0 Å². The predicted octanol–water partition coefficient (Wildman–Crippen LogP) is 8.62. The van der Waals surface area contributed by atoms with Gasteiger partial charge in [-0.05, 0) is 51.4 Å². The molecule has 0 aromatic carbocycles. The van der Waals surface area contributed by atoms with E-state index in [4.69, 9.17) is 14.2 Å². The van der Waals surface area contributed by atoms with Gasteiger partial charge in [-0.1, -0.05) is 103 Å². The molecular formula is C38H72NO7+. The van der Waals surface area contributed by atoms with E-state index in [1.165, 1.54) is 38.5 Å². The molecule has 0 radical (unpaired) electrons. The molecule has 0 fully saturated rings. The molecule has 0 aromatic rings. The van der Waals surface area contributed by atoms with Crippen molar-refractivity contribution in [2.45, 2.75) is 174 Å². The highest BCUT2D eigenvalue weighted by Crippen LogP contribution is 2.16. The summed E-state index contributed by atoms with van der Waals surface area (Å²) in [6, 6.07) is 0. The third kappa shape index (κ3) is 30.7. The first kappa shape index (κ1) is 44.1. The van der Waals surface area contributed by atoms with Crippen LogP contribution in [-0.4, -0.2) is 80.6 Å². The lowest BCUT2D eigenvalue weighted by molar-refractivity contribution is -0.870. The summed E-state index contributed by atoms with van der Waals surface area (Å²) in [7, 11) is 6.11. The molecule has 0 aliphatic heterocycles. The minimum absolute atomic E-state index is 0.0608. The van der Waals surface area contributed by atoms with Crippen molar-refractivity contribution in [1.29, 1.82) is 0 Å². The van der Waals surface area contributed by atoms with E-state index in [1.807, 2.05) is 27.2 Å². The van der Waals surface area contributed by atoms with E-state index in [-0.39, 0.29) is 30.7 Å². The Bertz CT molecular complexity index is 778. The summed E-state index contributed by atoms with van der Waals surface area (Å²) in [5, 5.41) is 10.8. The number of unbranched alkanes of at least 4 members (excludes halogenated alkanes) is 14. The zero-order chi connectivity index (χ0) is 34.3. The number of aliphatic hydroxyl groups excluding tert-OH is 1. The van der Waals surface area contributed by atoms with Crippen LogP contribution in [0.15, 0.2) is 12.2 Å². The van der Waals surface area contributed by atoms with Gasteiger partial charge >= 0.3 is 17.9 Å². The fourth-order valence-electron chi connectivity index (χ4n) is 5.10. The number of hydrogen-bond acceptors (Lipinski definition) is 7. The first-order valence-electron chi connectivity index (χ1n) is 18.7. The van der Waals surface area contributed by atoms with Crippen molar-refractivity contribution in [3.8, 4) is 0 Å². The lowest BCUT2D eigenvalue weighted by Gasteiger charge is -2.23. The Hall–Kier alpha value is -1.93. The second-order valence-corrected chi connectivity index (χ2v) is 13.9. The smallest absolute Gasteiger partial charge is 0.306 e. The molecule has 8 heteroatoms. The summed E-state index contributed by atoms with van der Waals surface area (Å²) < 4.78 is 17.0. The van der Waals surface area contributed by atoms with E-state index in [0.717, 1.165) is 81.7 Å². The quantitative estimate of drug-likeness (QED) is 0.0255. The standard InChI is InChI=1S/C38H72NO7/c1-6-8-10-11-12-17-20-24-32-44-36(41)28-23-19-16-14-13-15-18-22-26-34(40)35(27-21-9-7-2)46-38(43)30-25-29-37(42)45-33-31-39(3,4)5/h18,22,34-35,40H,6-17,19-21,23-33H2,1-5H3/q+1/b22-18-. The van der Waals surface area contributed by atoms with Crippen molar-refractivity contribution >= 4 is 17.9 Å². The molecule has 0 saturated heterocycles. The molecule has 0 bridgehead atoms. The highest BCUT2D eigenvalue weighted by Gasteiger charge is 2.22. The van der Waals surface area contributed by atoms with Crippen molar-refractivity contribution < 1.29 is 38.2 Å². The Morgan fingerprint density at radius 2 is 1.13 bits per heavy atom. The van der Waals surface area contributed by atoms with E-state index in [1.54, 1.807) is 0 Å². The minimum atomic E-state index is -0.743. The largest absolute Gasteiger partial charge is 0.466 e. The van der Waals surface area contributed by atoms with E-state index >= 15 is 0 Å². The molecule has 0 rings (SSSR count). The molecule has 0 heterocycles. The van der Waals surface area contributed by atoms with Gasteiger partial charge in [-0.15, -0.1) is 0 Å². The van der Waals surface area contributed by atoms with Crippen molar-refractivity contribution in [2.24, 2.45) is 0 Å². The van der Waals surface area contributed by atoms with Crippen LogP contribution >= 0.6 is 0 Å². The van der Waals surface area contributed by atoms with Gasteiger partial charge in [0.15, 0.2) is 0 Å². The number of ether oxygens (including phenoxy) is 3. The normalized spacial score (nSPS) is 13.1. The van der Waals surface area contributed by atoms with Crippen LogP contribution < -0.4 is 0 Å². The average Bonchev–Trinajstić information content (AvgIpc) is 3.00. The maximum atomic E-state index is 12.5. The van der Waals surface area contributed by atoms with Crippen molar-refractivity contribution in [3.05, 3.63) is 12.2 Å². The van der Waals surface area contributed by atoms with E-state index in [2.05, 4.69) is 19.9 Å². The van der Waals surface area contributed by atoms with Gasteiger partial charge in [0.2, 0.25) is 0 Å². The molecule has 0 aliphatic rings. The van der Waals surface area contributed by atoms with Crippen LogP contribution in [0.3, 0.4) is 0 Å². The zero-order valence-electron chi connectivity index (χ0n) is 30.5. The molecule has 1 N–H and O–H groups in total. The number of quaternary nitrogens is 1. The Morgan fingerprint density at radius 1 is 0.609 bits per heavy atom. The van der Waals surface area contributed by atoms with Crippen LogP contribution in [0.2, 0.25) is 0 Å². The lowest BCUT2D eigenvalue weighted by Crippen LogP contribution is -2.38. The first-order chi connectivity index (χ1) is 22.1. The minimum Gasteiger partial charge on any atom is -0.466 e. The second-order valence-electron chi connectivity index (χ2n) is 13.9. The van der Waals surface area contributed by atoms with E-state index < -0.39 is 12.2 Å². The Kier molecular flexibility index (Phi) is 29.1. The number of carbonyl (C=O) groups is 3. The highest BCUT2D eigenvalue weighted by atomic mass is 16.6. The number of aliphatic hydroxyl groups is 1.